The lowest BCUT2D eigenvalue weighted by atomic mass is 10.1. The van der Waals surface area contributed by atoms with Gasteiger partial charge in [-0.3, -0.25) is 14.6 Å². The molecule has 0 radical (unpaired) electrons. The first-order valence-corrected chi connectivity index (χ1v) is 19.6. The van der Waals surface area contributed by atoms with Gasteiger partial charge in [-0.15, -0.1) is 0 Å². The lowest BCUT2D eigenvalue weighted by Crippen LogP contribution is -2.26. The van der Waals surface area contributed by atoms with Crippen LogP contribution in [0.25, 0.3) is 10.9 Å². The lowest BCUT2D eigenvalue weighted by molar-refractivity contribution is 0.0987. The Labute approximate surface area is 317 Å². The molecule has 0 bridgehead atoms. The zero-order chi connectivity index (χ0) is 38.7. The first-order valence-electron chi connectivity index (χ1n) is 18.1. The van der Waals surface area contributed by atoms with E-state index in [1.54, 1.807) is 57.5 Å². The first kappa shape index (κ1) is 39.9. The molecule has 12 heteroatoms. The fourth-order valence-corrected chi connectivity index (χ4v) is 7.62. The van der Waals surface area contributed by atoms with E-state index in [-0.39, 0.29) is 33.4 Å². The van der Waals surface area contributed by atoms with Gasteiger partial charge in [-0.05, 0) is 105 Å². The third kappa shape index (κ3) is 9.81. The number of rotatable bonds is 19. The van der Waals surface area contributed by atoms with Crippen LogP contribution in [0.4, 0.5) is 17.1 Å². The van der Waals surface area contributed by atoms with Crippen LogP contribution in [0.5, 0.6) is 5.75 Å². The smallest absolute Gasteiger partial charge is 0.258 e. The highest BCUT2D eigenvalue weighted by Gasteiger charge is 2.24. The van der Waals surface area contributed by atoms with Gasteiger partial charge in [0.1, 0.15) is 5.75 Å². The van der Waals surface area contributed by atoms with Crippen LogP contribution >= 0.6 is 0 Å². The van der Waals surface area contributed by atoms with Crippen LogP contribution in [0, 0.1) is 6.92 Å². The normalized spacial score (nSPS) is 11.4. The van der Waals surface area contributed by atoms with Crippen LogP contribution in [0.15, 0.2) is 101 Å². The molecule has 0 saturated carbocycles. The zero-order valence-electron chi connectivity index (χ0n) is 31.0. The number of hydrogen-bond donors (Lipinski definition) is 3. The van der Waals surface area contributed by atoms with Crippen LogP contribution in [0.1, 0.15) is 70.4 Å². The molecule has 11 nitrogen and oxygen atoms in total. The minimum Gasteiger partial charge on any atom is -0.497 e. The first-order chi connectivity index (χ1) is 26.0. The van der Waals surface area contributed by atoms with E-state index >= 15 is 0 Å². The SMILES string of the molecule is COc1cccc(Nc2c(C(N)=O)cnc3c(C)cc(S(=O)(=O)c4cccc(C(=O)N(C)c5ccc(CCCCOCCCCCCO)cc5)c4)cc23)c1. The maximum absolute atomic E-state index is 14.2. The van der Waals surface area contributed by atoms with Crippen LogP contribution in [0.3, 0.4) is 0 Å². The number of sulfone groups is 1. The van der Waals surface area contributed by atoms with E-state index in [4.69, 9.17) is 20.3 Å². The summed E-state index contributed by atoms with van der Waals surface area (Å²) in [6, 6.07) is 23.8. The van der Waals surface area contributed by atoms with E-state index in [2.05, 4.69) is 10.3 Å². The number of primary amides is 1. The van der Waals surface area contributed by atoms with E-state index in [9.17, 15) is 18.0 Å². The average molecular weight is 753 g/mol. The number of aryl methyl sites for hydroxylation is 2. The van der Waals surface area contributed by atoms with Gasteiger partial charge in [-0.1, -0.05) is 37.1 Å². The van der Waals surface area contributed by atoms with E-state index < -0.39 is 15.7 Å². The number of anilines is 3. The number of nitrogens with zero attached hydrogens (tertiary/aromatic N) is 2. The molecule has 0 aliphatic rings. The molecule has 0 fully saturated rings. The topological polar surface area (TPSA) is 161 Å². The Balaban J connectivity index is 1.31. The second kappa shape index (κ2) is 18.6. The van der Waals surface area contributed by atoms with Crippen molar-refractivity contribution in [2.24, 2.45) is 5.73 Å². The number of pyridine rings is 1. The highest BCUT2D eigenvalue weighted by atomic mass is 32.2. The van der Waals surface area contributed by atoms with Gasteiger partial charge >= 0.3 is 0 Å². The summed E-state index contributed by atoms with van der Waals surface area (Å²) in [4.78, 5) is 32.0. The van der Waals surface area contributed by atoms with Gasteiger partial charge in [0.2, 0.25) is 9.84 Å². The van der Waals surface area contributed by atoms with Crippen LogP contribution < -0.4 is 20.7 Å². The summed E-state index contributed by atoms with van der Waals surface area (Å²) in [6.45, 7) is 3.46. The van der Waals surface area contributed by atoms with E-state index in [0.29, 0.717) is 39.3 Å². The summed E-state index contributed by atoms with van der Waals surface area (Å²) < 4.78 is 39.4. The van der Waals surface area contributed by atoms with E-state index in [0.717, 1.165) is 63.7 Å². The second-order valence-corrected chi connectivity index (χ2v) is 15.1. The Bertz CT molecular complexity index is 2190. The number of unbranched alkanes of at least 4 members (excludes halogenated alkanes) is 4. The van der Waals surface area contributed by atoms with Gasteiger partial charge in [0.05, 0.1) is 33.7 Å². The number of aromatic nitrogens is 1. The van der Waals surface area contributed by atoms with Gasteiger partial charge in [-0.25, -0.2) is 8.42 Å². The number of aliphatic hydroxyl groups excluding tert-OH is 1. The highest BCUT2D eigenvalue weighted by molar-refractivity contribution is 7.91. The predicted molar refractivity (Wildman–Crippen MR) is 212 cm³/mol. The van der Waals surface area contributed by atoms with Crippen molar-refractivity contribution >= 4 is 49.6 Å². The molecule has 0 aliphatic heterocycles. The van der Waals surface area contributed by atoms with E-state index in [1.165, 1.54) is 35.4 Å². The Morgan fingerprint density at radius 3 is 2.31 bits per heavy atom. The summed E-state index contributed by atoms with van der Waals surface area (Å²) in [5, 5.41) is 12.5. The molecule has 284 valence electrons. The van der Waals surface area contributed by atoms with Crippen molar-refractivity contribution in [3.63, 3.8) is 0 Å². The molecule has 4 N–H and O–H groups in total. The summed E-state index contributed by atoms with van der Waals surface area (Å²) in [6.07, 6.45) is 8.18. The van der Waals surface area contributed by atoms with Crippen LogP contribution in [-0.2, 0) is 21.0 Å². The molecular formula is C42H48N4O7S. The number of nitrogens with two attached hydrogens (primary N) is 1. The highest BCUT2D eigenvalue weighted by Crippen LogP contribution is 2.35. The maximum Gasteiger partial charge on any atom is 0.258 e. The van der Waals surface area contributed by atoms with Crippen molar-refractivity contribution in [1.82, 2.24) is 4.98 Å². The van der Waals surface area contributed by atoms with E-state index in [1.807, 2.05) is 24.3 Å². The Kier molecular flexibility index (Phi) is 13.8. The molecule has 5 rings (SSSR count). The van der Waals surface area contributed by atoms with Gasteiger partial charge in [0.25, 0.3) is 11.8 Å². The average Bonchev–Trinajstić information content (AvgIpc) is 3.18. The molecule has 4 aromatic carbocycles. The fraction of sp³-hybridized carbons (Fsp3) is 0.310. The second-order valence-electron chi connectivity index (χ2n) is 13.2. The monoisotopic (exact) mass is 752 g/mol. The molecule has 5 aromatic rings. The Morgan fingerprint density at radius 1 is 0.870 bits per heavy atom. The van der Waals surface area contributed by atoms with Crippen LogP contribution in [-0.4, -0.2) is 64.3 Å². The van der Waals surface area contributed by atoms with Gasteiger partial charge in [0, 0.05) is 61.5 Å². The van der Waals surface area contributed by atoms with Crippen molar-refractivity contribution in [3.05, 3.63) is 113 Å². The molecular weight excluding hydrogens is 705 g/mol. The minimum atomic E-state index is -4.14. The fourth-order valence-electron chi connectivity index (χ4n) is 6.20. The zero-order valence-corrected chi connectivity index (χ0v) is 31.8. The molecule has 2 amide bonds. The summed E-state index contributed by atoms with van der Waals surface area (Å²) in [7, 11) is -0.938. The number of amides is 2. The van der Waals surface area contributed by atoms with Crippen LogP contribution in [0.2, 0.25) is 0 Å². The molecule has 0 spiro atoms. The predicted octanol–water partition coefficient (Wildman–Crippen LogP) is 7.40. The number of hydrogen-bond acceptors (Lipinski definition) is 9. The number of fused-ring (bicyclic) bond motifs is 1. The third-order valence-corrected chi connectivity index (χ3v) is 11.0. The van der Waals surface area contributed by atoms with Crippen molar-refractivity contribution in [2.45, 2.75) is 61.7 Å². The summed E-state index contributed by atoms with van der Waals surface area (Å²) >= 11 is 0. The number of carbonyl (C=O) groups is 2. The van der Waals surface area contributed by atoms with Gasteiger partial charge in [0.15, 0.2) is 0 Å². The summed E-state index contributed by atoms with van der Waals surface area (Å²) in [5.74, 6) is -0.506. The summed E-state index contributed by atoms with van der Waals surface area (Å²) in [5.41, 5.74) is 9.84. The third-order valence-electron chi connectivity index (χ3n) is 9.27. The molecule has 0 unspecified atom stereocenters. The van der Waals surface area contributed by atoms with Crippen molar-refractivity contribution in [1.29, 1.82) is 0 Å². The number of methoxy groups -OCH3 is 1. The van der Waals surface area contributed by atoms with Crippen molar-refractivity contribution < 1.29 is 32.6 Å². The number of aliphatic hydroxyl groups is 1. The maximum atomic E-state index is 14.2. The number of nitrogens with one attached hydrogen (secondary N) is 1. The Morgan fingerprint density at radius 2 is 1.59 bits per heavy atom. The number of carbonyl (C=O) groups excluding carboxylic acids is 2. The quantitative estimate of drug-likeness (QED) is 0.0731. The molecule has 0 aliphatic carbocycles. The standard InChI is InChI=1S/C42H48N4O7S/c1-29-24-36(27-37-39(29)44-28-38(41(43)48)40(37)45-32-14-11-15-34(26-32)52-3)54(50,51)35-16-10-13-31(25-35)42(49)46(2)33-19-17-30(18-20-33)12-6-9-23-53-22-8-5-4-7-21-47/h10-11,13-20,24-28,47H,4-9,12,21-23H2,1-3H3,(H2,43,48)(H,44,45). The molecule has 0 saturated heterocycles. The van der Waals surface area contributed by atoms with Crippen molar-refractivity contribution in [3.8, 4) is 5.75 Å². The van der Waals surface area contributed by atoms with Crippen molar-refractivity contribution in [2.75, 3.05) is 44.2 Å². The minimum absolute atomic E-state index is 0.0287. The molecule has 54 heavy (non-hydrogen) atoms. The number of benzene rings is 4. The molecule has 1 heterocycles. The largest absolute Gasteiger partial charge is 0.497 e. The number of ether oxygens (including phenoxy) is 2. The molecule has 0 atom stereocenters. The van der Waals surface area contributed by atoms with Gasteiger partial charge in [-0.2, -0.15) is 0 Å². The Hall–Kier alpha value is -5.30. The van der Waals surface area contributed by atoms with Gasteiger partial charge < -0.3 is 30.5 Å². The lowest BCUT2D eigenvalue weighted by Gasteiger charge is -2.19. The molecule has 1 aromatic heterocycles.